The van der Waals surface area contributed by atoms with Gasteiger partial charge in [-0.15, -0.1) is 0 Å². The third-order valence-electron chi connectivity index (χ3n) is 2.56. The van der Waals surface area contributed by atoms with Crippen molar-refractivity contribution in [1.29, 1.82) is 0 Å². The molecule has 12 nitrogen and oxygen atoms in total. The lowest BCUT2D eigenvalue weighted by Crippen LogP contribution is -2.22. The summed E-state index contributed by atoms with van der Waals surface area (Å²) >= 11 is 2.83. The van der Waals surface area contributed by atoms with Crippen LogP contribution in [0.5, 0.6) is 0 Å². The fraction of sp³-hybridized carbons (Fsp3) is 0.333. The van der Waals surface area contributed by atoms with Crippen LogP contribution in [-0.4, -0.2) is 38.2 Å². The molecule has 0 bridgehead atoms. The van der Waals surface area contributed by atoms with Gasteiger partial charge in [-0.05, 0) is 36.9 Å². The minimum absolute atomic E-state index is 0.121. The number of guanidine groups is 2. The maximum Gasteiger partial charge on any atom is 0.394 e. The number of nitrogens with two attached hydrogens (primary N) is 4. The van der Waals surface area contributed by atoms with Crippen molar-refractivity contribution in [2.24, 2.45) is 32.9 Å². The molecule has 2 rings (SSSR count). The Balaban J connectivity index is 0.000000405. The highest BCUT2D eigenvalue weighted by molar-refractivity contribution is 7.79. The second-order valence-corrected chi connectivity index (χ2v) is 6.93. The first-order valence-corrected chi connectivity index (χ1v) is 10.1. The lowest BCUT2D eigenvalue weighted by Gasteiger charge is -1.92. The molecule has 0 saturated heterocycles. The maximum atomic E-state index is 8.74. The van der Waals surface area contributed by atoms with Gasteiger partial charge in [0.2, 0.25) is 0 Å². The largest absolute Gasteiger partial charge is 0.394 e. The van der Waals surface area contributed by atoms with Crippen LogP contribution in [-0.2, 0) is 23.5 Å². The quantitative estimate of drug-likeness (QED) is 0.209. The molecule has 0 amide bonds. The Morgan fingerprint density at radius 1 is 0.926 bits per heavy atom. The number of nitrogens with zero attached hydrogens (tertiary/aromatic N) is 4. The molecule has 2 aromatic rings. The van der Waals surface area contributed by atoms with Crippen LogP contribution in [0.3, 0.4) is 0 Å². The summed E-state index contributed by atoms with van der Waals surface area (Å²) in [7, 11) is -4.67. The molecule has 2 aromatic heterocycles. The molecular formula is C12H22N8O4S3. The van der Waals surface area contributed by atoms with Crippen LogP contribution >= 0.6 is 23.1 Å². The van der Waals surface area contributed by atoms with E-state index < -0.39 is 10.4 Å². The monoisotopic (exact) mass is 438 g/mol. The van der Waals surface area contributed by atoms with Gasteiger partial charge in [-0.1, -0.05) is 0 Å². The van der Waals surface area contributed by atoms with E-state index in [1.807, 2.05) is 24.6 Å². The van der Waals surface area contributed by atoms with Crippen molar-refractivity contribution in [1.82, 2.24) is 8.75 Å². The predicted octanol–water partition coefficient (Wildman–Crippen LogP) is -0.203. The van der Waals surface area contributed by atoms with Crippen molar-refractivity contribution < 1.29 is 17.5 Å². The molecule has 0 aromatic carbocycles. The average Bonchev–Trinajstić information content (AvgIpc) is 3.10. The fourth-order valence-electron chi connectivity index (χ4n) is 1.28. The van der Waals surface area contributed by atoms with Crippen LogP contribution in [0.15, 0.2) is 20.7 Å². The van der Waals surface area contributed by atoms with E-state index in [4.69, 9.17) is 40.5 Å². The lowest BCUT2D eigenvalue weighted by molar-refractivity contribution is 0.381. The van der Waals surface area contributed by atoms with Gasteiger partial charge < -0.3 is 22.9 Å². The highest BCUT2D eigenvalue weighted by atomic mass is 32.3. The van der Waals surface area contributed by atoms with Gasteiger partial charge in [0.25, 0.3) is 0 Å². The molecule has 0 aliphatic rings. The number of hydrogen-bond acceptors (Lipinski definition) is 8. The average molecular weight is 439 g/mol. The van der Waals surface area contributed by atoms with Crippen LogP contribution < -0.4 is 22.9 Å². The lowest BCUT2D eigenvalue weighted by atomic mass is 10.3. The van der Waals surface area contributed by atoms with E-state index in [0.717, 1.165) is 22.5 Å². The predicted molar refractivity (Wildman–Crippen MR) is 107 cm³/mol. The standard InChI is InChI=1S/2C6H10N4S.H2O4S/c2*1-4-5(3-11-10-4)2-9-6(7)8;1-5(2,3)4/h2*3H,2H2,1H3,(H4,7,8,9);(H2,1,2,3,4). The first-order chi connectivity index (χ1) is 12.4. The molecule has 0 aliphatic heterocycles. The highest BCUT2D eigenvalue weighted by Crippen LogP contribution is 2.10. The molecule has 0 saturated carbocycles. The second kappa shape index (κ2) is 12.1. The Morgan fingerprint density at radius 2 is 1.22 bits per heavy atom. The first kappa shape index (κ1) is 24.7. The highest BCUT2D eigenvalue weighted by Gasteiger charge is 1.99. The minimum atomic E-state index is -4.67. The van der Waals surface area contributed by atoms with E-state index >= 15 is 0 Å². The van der Waals surface area contributed by atoms with Crippen molar-refractivity contribution in [3.8, 4) is 0 Å². The molecule has 2 heterocycles. The number of rotatable bonds is 4. The maximum absolute atomic E-state index is 8.74. The smallest absolute Gasteiger partial charge is 0.370 e. The Morgan fingerprint density at radius 3 is 1.41 bits per heavy atom. The molecule has 0 unspecified atom stereocenters. The minimum Gasteiger partial charge on any atom is -0.370 e. The Kier molecular flexibility index (Phi) is 11.1. The Bertz CT molecular complexity index is 787. The molecule has 0 spiro atoms. The van der Waals surface area contributed by atoms with Gasteiger partial charge >= 0.3 is 10.4 Å². The third-order valence-corrected chi connectivity index (χ3v) is 4.10. The number of aryl methyl sites for hydroxylation is 2. The summed E-state index contributed by atoms with van der Waals surface area (Å²) in [5.41, 5.74) is 24.9. The summed E-state index contributed by atoms with van der Waals surface area (Å²) < 4.78 is 39.8. The summed E-state index contributed by atoms with van der Waals surface area (Å²) in [4.78, 5) is 7.73. The van der Waals surface area contributed by atoms with Crippen molar-refractivity contribution in [2.75, 3.05) is 0 Å². The van der Waals surface area contributed by atoms with E-state index in [0.29, 0.717) is 13.1 Å². The van der Waals surface area contributed by atoms with Gasteiger partial charge in [0, 0.05) is 21.9 Å². The molecule has 152 valence electrons. The number of aliphatic imine (C=N–C) groups is 2. The number of aromatic nitrogens is 2. The van der Waals surface area contributed by atoms with Crippen LogP contribution in [0.1, 0.15) is 22.5 Å². The van der Waals surface area contributed by atoms with E-state index in [1.54, 1.807) is 0 Å². The van der Waals surface area contributed by atoms with E-state index in [9.17, 15) is 0 Å². The summed E-state index contributed by atoms with van der Waals surface area (Å²) in [6, 6.07) is 0. The zero-order valence-corrected chi connectivity index (χ0v) is 17.1. The molecule has 27 heavy (non-hydrogen) atoms. The van der Waals surface area contributed by atoms with Crippen molar-refractivity contribution in [3.05, 3.63) is 33.3 Å². The molecule has 0 fully saturated rings. The molecule has 0 aliphatic carbocycles. The van der Waals surface area contributed by atoms with Crippen molar-refractivity contribution >= 4 is 45.4 Å². The van der Waals surface area contributed by atoms with Crippen molar-refractivity contribution in [3.63, 3.8) is 0 Å². The van der Waals surface area contributed by atoms with Gasteiger partial charge in [-0.2, -0.15) is 17.2 Å². The summed E-state index contributed by atoms with van der Waals surface area (Å²) in [6.45, 7) is 4.94. The Labute approximate surface area is 164 Å². The van der Waals surface area contributed by atoms with E-state index in [-0.39, 0.29) is 11.9 Å². The summed E-state index contributed by atoms with van der Waals surface area (Å²) in [5.74, 6) is 0.242. The van der Waals surface area contributed by atoms with E-state index in [1.165, 1.54) is 23.1 Å². The van der Waals surface area contributed by atoms with Gasteiger partial charge in [-0.3, -0.25) is 9.11 Å². The molecule has 0 atom stereocenters. The van der Waals surface area contributed by atoms with Gasteiger partial charge in [0.1, 0.15) is 0 Å². The molecular weight excluding hydrogens is 416 g/mol. The topological polar surface area (TPSA) is 229 Å². The van der Waals surface area contributed by atoms with Crippen LogP contribution in [0, 0.1) is 13.8 Å². The van der Waals surface area contributed by atoms with Crippen molar-refractivity contribution in [2.45, 2.75) is 26.9 Å². The summed E-state index contributed by atoms with van der Waals surface area (Å²) in [6.07, 6.45) is 0. The van der Waals surface area contributed by atoms with Crippen LogP contribution in [0.4, 0.5) is 0 Å². The molecule has 0 radical (unpaired) electrons. The number of hydrogen-bond donors (Lipinski definition) is 6. The normalized spacial score (nSPS) is 9.93. The SMILES string of the molecule is Cc1nscc1CN=C(N)N.Cc1nscc1CN=C(N)N.O=S(=O)(O)O. The zero-order valence-electron chi connectivity index (χ0n) is 14.6. The third kappa shape index (κ3) is 14.5. The van der Waals surface area contributed by atoms with E-state index in [2.05, 4.69) is 18.7 Å². The molecule has 15 heteroatoms. The van der Waals surface area contributed by atoms with Gasteiger partial charge in [-0.25, -0.2) is 9.98 Å². The van der Waals surface area contributed by atoms with Crippen LogP contribution in [0.25, 0.3) is 0 Å². The van der Waals surface area contributed by atoms with Gasteiger partial charge in [0.15, 0.2) is 11.9 Å². The van der Waals surface area contributed by atoms with Gasteiger partial charge in [0.05, 0.1) is 24.5 Å². The van der Waals surface area contributed by atoms with Crippen LogP contribution in [0.2, 0.25) is 0 Å². The molecule has 10 N–H and O–H groups in total. The zero-order chi connectivity index (χ0) is 21.0. The Hall–Kier alpha value is -2.33. The fourth-order valence-corrected chi connectivity index (χ4v) is 2.68. The summed E-state index contributed by atoms with van der Waals surface area (Å²) in [5, 5.41) is 3.89. The second-order valence-electron chi connectivity index (χ2n) is 4.78. The first-order valence-electron chi connectivity index (χ1n) is 7.00.